The number of rotatable bonds is 1. The molecule has 0 radical (unpaired) electrons. The standard InChI is InChI=1S/C10H20N4/c1-2-12-10(11)14-7-6-13-5-3-4-9(13)8-14/h9H,2-8H2,1H3,(H2,11,12). The molecule has 2 aliphatic heterocycles. The van der Waals surface area contributed by atoms with E-state index in [0.717, 1.165) is 38.2 Å². The first-order chi connectivity index (χ1) is 6.81. The Morgan fingerprint density at radius 2 is 2.29 bits per heavy atom. The molecule has 4 nitrogen and oxygen atoms in total. The van der Waals surface area contributed by atoms with Gasteiger partial charge in [0.05, 0.1) is 0 Å². The van der Waals surface area contributed by atoms with Crippen molar-refractivity contribution < 1.29 is 0 Å². The van der Waals surface area contributed by atoms with Crippen LogP contribution in [0.2, 0.25) is 0 Å². The van der Waals surface area contributed by atoms with Gasteiger partial charge in [-0.15, -0.1) is 0 Å². The SMILES string of the molecule is CCN=C(N)N1CCN2CCCC2C1. The van der Waals surface area contributed by atoms with E-state index in [1.54, 1.807) is 0 Å². The van der Waals surface area contributed by atoms with E-state index in [4.69, 9.17) is 5.73 Å². The zero-order valence-electron chi connectivity index (χ0n) is 8.95. The minimum atomic E-state index is 0.731. The smallest absolute Gasteiger partial charge is 0.191 e. The van der Waals surface area contributed by atoms with E-state index in [0.29, 0.717) is 0 Å². The van der Waals surface area contributed by atoms with Crippen molar-refractivity contribution in [1.82, 2.24) is 9.80 Å². The Kier molecular flexibility index (Phi) is 2.91. The van der Waals surface area contributed by atoms with Crippen LogP contribution in [-0.4, -0.2) is 54.5 Å². The number of hydrogen-bond acceptors (Lipinski definition) is 2. The molecule has 2 saturated heterocycles. The van der Waals surface area contributed by atoms with Crippen LogP contribution < -0.4 is 5.73 Å². The fraction of sp³-hybridized carbons (Fsp3) is 0.900. The number of aliphatic imine (C=N–C) groups is 1. The Labute approximate surface area is 85.8 Å². The van der Waals surface area contributed by atoms with Gasteiger partial charge < -0.3 is 10.6 Å². The molecule has 0 aromatic carbocycles. The average molecular weight is 196 g/mol. The van der Waals surface area contributed by atoms with Gasteiger partial charge in [-0.05, 0) is 26.3 Å². The first kappa shape index (κ1) is 9.77. The third-order valence-corrected chi connectivity index (χ3v) is 3.23. The van der Waals surface area contributed by atoms with Gasteiger partial charge in [-0.3, -0.25) is 9.89 Å². The van der Waals surface area contributed by atoms with Crippen LogP contribution in [0.5, 0.6) is 0 Å². The number of guanidine groups is 1. The molecular weight excluding hydrogens is 176 g/mol. The van der Waals surface area contributed by atoms with Gasteiger partial charge >= 0.3 is 0 Å². The lowest BCUT2D eigenvalue weighted by molar-refractivity contribution is 0.150. The highest BCUT2D eigenvalue weighted by Crippen LogP contribution is 2.21. The topological polar surface area (TPSA) is 44.9 Å². The maximum atomic E-state index is 5.90. The summed E-state index contributed by atoms with van der Waals surface area (Å²) in [7, 11) is 0. The maximum absolute atomic E-state index is 5.90. The molecule has 0 spiro atoms. The molecule has 0 amide bonds. The molecule has 2 aliphatic rings. The molecule has 2 fully saturated rings. The summed E-state index contributed by atoms with van der Waals surface area (Å²) in [6, 6.07) is 0.731. The molecule has 2 rings (SSSR count). The molecule has 2 heterocycles. The second-order valence-electron chi connectivity index (χ2n) is 4.11. The summed E-state index contributed by atoms with van der Waals surface area (Å²) in [5, 5.41) is 0. The van der Waals surface area contributed by atoms with Crippen LogP contribution in [0.4, 0.5) is 0 Å². The summed E-state index contributed by atoms with van der Waals surface area (Å²) >= 11 is 0. The van der Waals surface area contributed by atoms with Crippen LogP contribution in [0.1, 0.15) is 19.8 Å². The van der Waals surface area contributed by atoms with Gasteiger partial charge in [-0.25, -0.2) is 0 Å². The van der Waals surface area contributed by atoms with Gasteiger partial charge in [0.1, 0.15) is 0 Å². The Bertz CT molecular complexity index is 226. The molecule has 0 aromatic rings. The average Bonchev–Trinajstić information content (AvgIpc) is 2.64. The van der Waals surface area contributed by atoms with Crippen molar-refractivity contribution in [3.05, 3.63) is 0 Å². The molecule has 1 atom stereocenters. The minimum absolute atomic E-state index is 0.731. The molecule has 0 aromatic heterocycles. The van der Waals surface area contributed by atoms with Crippen LogP contribution in [0.3, 0.4) is 0 Å². The highest BCUT2D eigenvalue weighted by molar-refractivity contribution is 5.78. The predicted octanol–water partition coefficient (Wildman–Crippen LogP) is 0.101. The van der Waals surface area contributed by atoms with E-state index in [9.17, 15) is 0 Å². The molecule has 0 bridgehead atoms. The van der Waals surface area contributed by atoms with Gasteiger partial charge in [-0.1, -0.05) is 0 Å². The molecular formula is C10H20N4. The molecule has 14 heavy (non-hydrogen) atoms. The van der Waals surface area contributed by atoms with Crippen molar-refractivity contribution in [3.63, 3.8) is 0 Å². The lowest BCUT2D eigenvalue weighted by atomic mass is 10.2. The summed E-state index contributed by atoms with van der Waals surface area (Å²) in [6.45, 7) is 7.38. The number of fused-ring (bicyclic) bond motifs is 1. The van der Waals surface area contributed by atoms with Gasteiger partial charge in [0.15, 0.2) is 5.96 Å². The van der Waals surface area contributed by atoms with Crippen LogP contribution in [-0.2, 0) is 0 Å². The van der Waals surface area contributed by atoms with Gasteiger partial charge in [-0.2, -0.15) is 0 Å². The fourth-order valence-electron chi connectivity index (χ4n) is 2.46. The van der Waals surface area contributed by atoms with Crippen LogP contribution in [0.15, 0.2) is 4.99 Å². The lowest BCUT2D eigenvalue weighted by Gasteiger charge is -2.37. The second kappa shape index (κ2) is 4.17. The number of piperazine rings is 1. The molecule has 0 saturated carbocycles. The van der Waals surface area contributed by atoms with Gasteiger partial charge in [0.25, 0.3) is 0 Å². The Balaban J connectivity index is 1.94. The number of nitrogens with zero attached hydrogens (tertiary/aromatic N) is 3. The van der Waals surface area contributed by atoms with Crippen molar-refractivity contribution in [3.8, 4) is 0 Å². The van der Waals surface area contributed by atoms with Crippen LogP contribution in [0, 0.1) is 0 Å². The molecule has 2 N–H and O–H groups in total. The number of nitrogens with two attached hydrogens (primary N) is 1. The fourth-order valence-corrected chi connectivity index (χ4v) is 2.46. The number of hydrogen-bond donors (Lipinski definition) is 1. The van der Waals surface area contributed by atoms with E-state index < -0.39 is 0 Å². The highest BCUT2D eigenvalue weighted by Gasteiger charge is 2.30. The predicted molar refractivity (Wildman–Crippen MR) is 58.3 cm³/mol. The summed E-state index contributed by atoms with van der Waals surface area (Å²) < 4.78 is 0. The minimum Gasteiger partial charge on any atom is -0.370 e. The quantitative estimate of drug-likeness (QED) is 0.478. The first-order valence-corrected chi connectivity index (χ1v) is 5.60. The maximum Gasteiger partial charge on any atom is 0.191 e. The Morgan fingerprint density at radius 3 is 3.07 bits per heavy atom. The molecule has 0 aliphatic carbocycles. The van der Waals surface area contributed by atoms with Crippen molar-refractivity contribution >= 4 is 5.96 Å². The third kappa shape index (κ3) is 1.85. The zero-order chi connectivity index (χ0) is 9.97. The van der Waals surface area contributed by atoms with Gasteiger partial charge in [0, 0.05) is 32.2 Å². The van der Waals surface area contributed by atoms with E-state index in [-0.39, 0.29) is 0 Å². The monoisotopic (exact) mass is 196 g/mol. The van der Waals surface area contributed by atoms with E-state index in [2.05, 4.69) is 14.8 Å². The molecule has 1 unspecified atom stereocenters. The Hall–Kier alpha value is -0.770. The van der Waals surface area contributed by atoms with Crippen molar-refractivity contribution in [1.29, 1.82) is 0 Å². The van der Waals surface area contributed by atoms with E-state index >= 15 is 0 Å². The van der Waals surface area contributed by atoms with Crippen LogP contribution >= 0.6 is 0 Å². The highest BCUT2D eigenvalue weighted by atomic mass is 15.3. The van der Waals surface area contributed by atoms with Crippen molar-refractivity contribution in [2.75, 3.05) is 32.7 Å². The Morgan fingerprint density at radius 1 is 1.43 bits per heavy atom. The molecule has 4 heteroatoms. The van der Waals surface area contributed by atoms with Crippen LogP contribution in [0.25, 0.3) is 0 Å². The third-order valence-electron chi connectivity index (χ3n) is 3.23. The van der Waals surface area contributed by atoms with Crippen molar-refractivity contribution in [2.45, 2.75) is 25.8 Å². The normalized spacial score (nSPS) is 29.4. The summed E-state index contributed by atoms with van der Waals surface area (Å²) in [6.07, 6.45) is 2.68. The van der Waals surface area contributed by atoms with Crippen molar-refractivity contribution in [2.24, 2.45) is 10.7 Å². The van der Waals surface area contributed by atoms with E-state index in [1.807, 2.05) is 6.92 Å². The summed E-state index contributed by atoms with van der Waals surface area (Å²) in [5.74, 6) is 0.735. The second-order valence-corrected chi connectivity index (χ2v) is 4.11. The van der Waals surface area contributed by atoms with Gasteiger partial charge in [0.2, 0.25) is 0 Å². The lowest BCUT2D eigenvalue weighted by Crippen LogP contribution is -2.54. The summed E-state index contributed by atoms with van der Waals surface area (Å²) in [5.41, 5.74) is 5.90. The summed E-state index contributed by atoms with van der Waals surface area (Å²) in [4.78, 5) is 9.08. The first-order valence-electron chi connectivity index (χ1n) is 5.60. The van der Waals surface area contributed by atoms with E-state index in [1.165, 1.54) is 19.4 Å². The zero-order valence-corrected chi connectivity index (χ0v) is 8.95. The largest absolute Gasteiger partial charge is 0.370 e. The molecule has 80 valence electrons.